The summed E-state index contributed by atoms with van der Waals surface area (Å²) >= 11 is 0. The molecule has 0 radical (unpaired) electrons. The Balaban J connectivity index is 0.00000320. The van der Waals surface area contributed by atoms with Gasteiger partial charge in [0.15, 0.2) is 5.96 Å². The van der Waals surface area contributed by atoms with Gasteiger partial charge in [-0.3, -0.25) is 9.69 Å². The molecule has 0 bridgehead atoms. The lowest BCUT2D eigenvalue weighted by Gasteiger charge is -2.36. The van der Waals surface area contributed by atoms with Crippen LogP contribution in [0.5, 0.6) is 0 Å². The fourth-order valence-electron chi connectivity index (χ4n) is 3.38. The van der Waals surface area contributed by atoms with Crippen molar-refractivity contribution in [2.24, 2.45) is 4.99 Å². The molecular formula is C23H32IN5O. The number of halogens is 1. The number of guanidine groups is 1. The van der Waals surface area contributed by atoms with Gasteiger partial charge in [-0.15, -0.1) is 24.0 Å². The molecule has 162 valence electrons. The quantitative estimate of drug-likeness (QED) is 0.334. The lowest BCUT2D eigenvalue weighted by atomic mass is 10.2. The zero-order valence-corrected chi connectivity index (χ0v) is 19.9. The van der Waals surface area contributed by atoms with Gasteiger partial charge in [0.25, 0.3) is 0 Å². The Morgan fingerprint density at radius 1 is 0.900 bits per heavy atom. The molecule has 0 atom stereocenters. The van der Waals surface area contributed by atoms with Crippen LogP contribution in [0.25, 0.3) is 0 Å². The van der Waals surface area contributed by atoms with E-state index in [0.29, 0.717) is 6.54 Å². The minimum absolute atomic E-state index is 0. The maximum atomic E-state index is 12.2. The summed E-state index contributed by atoms with van der Waals surface area (Å²) in [5, 5.41) is 6.26. The van der Waals surface area contributed by atoms with Crippen LogP contribution in [0.1, 0.15) is 18.1 Å². The van der Waals surface area contributed by atoms with E-state index in [0.717, 1.165) is 50.8 Å². The van der Waals surface area contributed by atoms with E-state index in [9.17, 15) is 4.79 Å². The topological polar surface area (TPSA) is 60.0 Å². The van der Waals surface area contributed by atoms with Crippen molar-refractivity contribution >= 4 is 35.8 Å². The highest BCUT2D eigenvalue weighted by atomic mass is 127. The van der Waals surface area contributed by atoms with E-state index < -0.39 is 0 Å². The third kappa shape index (κ3) is 7.95. The summed E-state index contributed by atoms with van der Waals surface area (Å²) in [4.78, 5) is 21.5. The lowest BCUT2D eigenvalue weighted by Crippen LogP contribution is -2.52. The van der Waals surface area contributed by atoms with Crippen LogP contribution < -0.4 is 10.6 Å². The summed E-state index contributed by atoms with van der Waals surface area (Å²) in [6, 6.07) is 20.5. The molecule has 7 heteroatoms. The van der Waals surface area contributed by atoms with Gasteiger partial charge in [-0.25, -0.2) is 4.99 Å². The number of benzene rings is 2. The van der Waals surface area contributed by atoms with Gasteiger partial charge in [-0.05, 0) is 18.1 Å². The molecule has 3 rings (SSSR count). The van der Waals surface area contributed by atoms with Crippen molar-refractivity contribution in [2.45, 2.75) is 20.0 Å². The van der Waals surface area contributed by atoms with Crippen LogP contribution >= 0.6 is 24.0 Å². The van der Waals surface area contributed by atoms with Crippen LogP contribution in [-0.4, -0.2) is 60.9 Å². The van der Waals surface area contributed by atoms with Crippen LogP contribution in [0, 0.1) is 0 Å². The number of hydrogen-bond donors (Lipinski definition) is 2. The summed E-state index contributed by atoms with van der Waals surface area (Å²) in [7, 11) is 0. The molecule has 6 nitrogen and oxygen atoms in total. The average Bonchev–Trinajstić information content (AvgIpc) is 2.77. The maximum absolute atomic E-state index is 12.2. The lowest BCUT2D eigenvalue weighted by molar-refractivity contribution is -0.119. The number of amides is 1. The molecule has 1 saturated heterocycles. The number of hydrogen-bond acceptors (Lipinski definition) is 3. The first-order valence-corrected chi connectivity index (χ1v) is 10.3. The summed E-state index contributed by atoms with van der Waals surface area (Å²) in [6.45, 7) is 8.27. The molecular weight excluding hydrogens is 489 g/mol. The summed E-state index contributed by atoms with van der Waals surface area (Å²) in [6.07, 6.45) is 0. The number of rotatable bonds is 7. The van der Waals surface area contributed by atoms with Gasteiger partial charge in [-0.2, -0.15) is 0 Å². The van der Waals surface area contributed by atoms with Gasteiger partial charge in [0, 0.05) is 45.8 Å². The van der Waals surface area contributed by atoms with Crippen molar-refractivity contribution in [2.75, 3.05) is 39.3 Å². The molecule has 1 fully saturated rings. The van der Waals surface area contributed by atoms with Crippen molar-refractivity contribution < 1.29 is 4.79 Å². The maximum Gasteiger partial charge on any atom is 0.242 e. The number of nitrogens with zero attached hydrogens (tertiary/aromatic N) is 3. The second-order valence-electron chi connectivity index (χ2n) is 7.18. The Bertz CT molecular complexity index is 777. The minimum atomic E-state index is -0.0630. The molecule has 0 spiro atoms. The number of piperazine rings is 1. The zero-order chi connectivity index (χ0) is 20.3. The molecule has 30 heavy (non-hydrogen) atoms. The van der Waals surface area contributed by atoms with Gasteiger partial charge in [0.05, 0.1) is 0 Å². The van der Waals surface area contributed by atoms with E-state index in [1.165, 1.54) is 5.56 Å². The largest absolute Gasteiger partial charge is 0.357 e. The number of nitrogens with one attached hydrogen (secondary N) is 2. The third-order valence-electron chi connectivity index (χ3n) is 4.96. The van der Waals surface area contributed by atoms with E-state index in [-0.39, 0.29) is 36.4 Å². The van der Waals surface area contributed by atoms with Crippen molar-refractivity contribution in [1.82, 2.24) is 20.4 Å². The molecule has 1 amide bonds. The second-order valence-corrected chi connectivity index (χ2v) is 7.18. The van der Waals surface area contributed by atoms with Crippen LogP contribution in [0.15, 0.2) is 65.7 Å². The molecule has 0 unspecified atom stereocenters. The first kappa shape index (κ1) is 24.1. The Morgan fingerprint density at radius 3 is 2.10 bits per heavy atom. The van der Waals surface area contributed by atoms with E-state index >= 15 is 0 Å². The number of aliphatic imine (C=N–C) groups is 1. The van der Waals surface area contributed by atoms with Crippen LogP contribution in [-0.2, 0) is 17.9 Å². The van der Waals surface area contributed by atoms with E-state index in [1.54, 1.807) is 0 Å². The van der Waals surface area contributed by atoms with Crippen molar-refractivity contribution in [3.8, 4) is 0 Å². The van der Waals surface area contributed by atoms with Crippen molar-refractivity contribution in [1.29, 1.82) is 0 Å². The molecule has 2 aromatic carbocycles. The Morgan fingerprint density at radius 2 is 1.50 bits per heavy atom. The van der Waals surface area contributed by atoms with Gasteiger partial charge in [0.1, 0.15) is 6.54 Å². The smallest absolute Gasteiger partial charge is 0.242 e. The molecule has 1 aliphatic rings. The average molecular weight is 521 g/mol. The summed E-state index contributed by atoms with van der Waals surface area (Å²) in [5.74, 6) is 0.758. The van der Waals surface area contributed by atoms with Gasteiger partial charge in [-0.1, -0.05) is 60.7 Å². The SMILES string of the molecule is CCNC(=NCC(=O)NCc1ccccc1)N1CCN(Cc2ccccc2)CC1.I. The number of carbonyl (C=O) groups is 1. The first-order chi connectivity index (χ1) is 14.2. The zero-order valence-electron chi connectivity index (χ0n) is 17.6. The third-order valence-corrected chi connectivity index (χ3v) is 4.96. The Hall–Kier alpha value is -2.13. The monoisotopic (exact) mass is 521 g/mol. The Kier molecular flexibility index (Phi) is 10.6. The number of carbonyl (C=O) groups excluding carboxylic acids is 1. The van der Waals surface area contributed by atoms with Crippen molar-refractivity contribution in [3.05, 3.63) is 71.8 Å². The molecule has 1 heterocycles. The highest BCUT2D eigenvalue weighted by Crippen LogP contribution is 2.08. The predicted molar refractivity (Wildman–Crippen MR) is 133 cm³/mol. The van der Waals surface area contributed by atoms with Gasteiger partial charge >= 0.3 is 0 Å². The fourth-order valence-corrected chi connectivity index (χ4v) is 3.38. The Labute approximate surface area is 196 Å². The summed E-state index contributed by atoms with van der Waals surface area (Å²) < 4.78 is 0. The van der Waals surface area contributed by atoms with E-state index in [2.05, 4.69) is 62.7 Å². The standard InChI is InChI=1S/C23H31N5O.HI/c1-2-24-23(26-18-22(29)25-17-20-9-5-3-6-10-20)28-15-13-27(14-16-28)19-21-11-7-4-8-12-21;/h3-12H,2,13-19H2,1H3,(H,24,26)(H,25,29);1H. The molecule has 2 aromatic rings. The van der Waals surface area contributed by atoms with Crippen molar-refractivity contribution in [3.63, 3.8) is 0 Å². The highest BCUT2D eigenvalue weighted by Gasteiger charge is 2.19. The summed E-state index contributed by atoms with van der Waals surface area (Å²) in [5.41, 5.74) is 2.43. The van der Waals surface area contributed by atoms with Gasteiger partial charge in [0.2, 0.25) is 5.91 Å². The van der Waals surface area contributed by atoms with Crippen LogP contribution in [0.3, 0.4) is 0 Å². The molecule has 2 N–H and O–H groups in total. The molecule has 0 aliphatic carbocycles. The predicted octanol–water partition coefficient (Wildman–Crippen LogP) is 2.70. The second kappa shape index (κ2) is 13.2. The first-order valence-electron chi connectivity index (χ1n) is 10.3. The normalized spacial score (nSPS) is 14.7. The molecule has 0 saturated carbocycles. The van der Waals surface area contributed by atoms with E-state index in [4.69, 9.17) is 0 Å². The van der Waals surface area contributed by atoms with Crippen LogP contribution in [0.4, 0.5) is 0 Å². The van der Waals surface area contributed by atoms with E-state index in [1.807, 2.05) is 30.3 Å². The molecule has 1 aliphatic heterocycles. The molecule has 0 aromatic heterocycles. The minimum Gasteiger partial charge on any atom is -0.357 e. The van der Waals surface area contributed by atoms with Gasteiger partial charge < -0.3 is 15.5 Å². The van der Waals surface area contributed by atoms with Crippen LogP contribution in [0.2, 0.25) is 0 Å². The fraction of sp³-hybridized carbons (Fsp3) is 0.391. The highest BCUT2D eigenvalue weighted by molar-refractivity contribution is 14.0.